The standard InChI is InChI=1S/C11H18Te/c1-2-3-4-5-6-7-11-8-9-12-10-11/h8-10H,2-7H2,1H3. The predicted octanol–water partition coefficient (Wildman–Crippen LogP) is 3.26. The zero-order valence-corrected chi connectivity index (χ0v) is 10.2. The number of aryl methyl sites for hydroxylation is 1. The third-order valence-electron chi connectivity index (χ3n) is 2.15. The summed E-state index contributed by atoms with van der Waals surface area (Å²) in [5, 5.41) is 0. The van der Waals surface area contributed by atoms with Crippen molar-refractivity contribution >= 4 is 20.4 Å². The van der Waals surface area contributed by atoms with E-state index >= 15 is 0 Å². The molecule has 0 amide bonds. The maximum absolute atomic E-state index is 2.48. The van der Waals surface area contributed by atoms with Crippen LogP contribution in [-0.4, -0.2) is 20.4 Å². The average molecular weight is 278 g/mol. The van der Waals surface area contributed by atoms with Crippen LogP contribution >= 0.6 is 0 Å². The number of rotatable bonds is 6. The molecule has 12 heavy (non-hydrogen) atoms. The van der Waals surface area contributed by atoms with Gasteiger partial charge in [0.25, 0.3) is 0 Å². The fourth-order valence-corrected chi connectivity index (χ4v) is 3.37. The average Bonchev–Trinajstić information content (AvgIpc) is 2.57. The molecule has 0 saturated carbocycles. The summed E-state index contributed by atoms with van der Waals surface area (Å²) in [5.41, 5.74) is 1.62. The topological polar surface area (TPSA) is 0 Å². The van der Waals surface area contributed by atoms with Crippen LogP contribution in [0.15, 0.2) is 14.2 Å². The molecule has 0 fully saturated rings. The monoisotopic (exact) mass is 280 g/mol. The second-order valence-electron chi connectivity index (χ2n) is 3.30. The van der Waals surface area contributed by atoms with Crippen molar-refractivity contribution < 1.29 is 0 Å². The van der Waals surface area contributed by atoms with Crippen molar-refractivity contribution in [2.75, 3.05) is 0 Å². The Morgan fingerprint density at radius 3 is 2.67 bits per heavy atom. The molecule has 0 aliphatic heterocycles. The van der Waals surface area contributed by atoms with Crippen molar-refractivity contribution in [3.8, 4) is 0 Å². The molecule has 0 spiro atoms. The Hall–Kier alpha value is 0.270. The van der Waals surface area contributed by atoms with Crippen LogP contribution in [0.2, 0.25) is 0 Å². The van der Waals surface area contributed by atoms with Gasteiger partial charge < -0.3 is 0 Å². The van der Waals surface area contributed by atoms with E-state index in [2.05, 4.69) is 21.2 Å². The molecule has 0 bridgehead atoms. The van der Waals surface area contributed by atoms with Gasteiger partial charge in [0.2, 0.25) is 0 Å². The van der Waals surface area contributed by atoms with Crippen molar-refractivity contribution in [3.05, 3.63) is 19.8 Å². The molecule has 1 aromatic rings. The maximum atomic E-state index is 2.48. The first-order chi connectivity index (χ1) is 5.93. The molecule has 0 nitrogen and oxygen atoms in total. The Bertz CT molecular complexity index is 177. The number of hydrogen-bond donors (Lipinski definition) is 0. The van der Waals surface area contributed by atoms with E-state index in [4.69, 9.17) is 0 Å². The SMILES string of the molecule is CCCCCCCc1cc[te]c1. The van der Waals surface area contributed by atoms with Crippen LogP contribution in [-0.2, 0) is 6.42 Å². The molecule has 1 heteroatoms. The zero-order chi connectivity index (χ0) is 8.65. The molecular formula is C11H18Te. The van der Waals surface area contributed by atoms with Gasteiger partial charge in [0, 0.05) is 0 Å². The van der Waals surface area contributed by atoms with Crippen molar-refractivity contribution in [2.45, 2.75) is 45.4 Å². The summed E-state index contributed by atoms with van der Waals surface area (Å²) in [6.45, 7) is 2.27. The van der Waals surface area contributed by atoms with E-state index < -0.39 is 0 Å². The summed E-state index contributed by atoms with van der Waals surface area (Å²) in [7, 11) is 0. The van der Waals surface area contributed by atoms with Crippen LogP contribution < -0.4 is 0 Å². The van der Waals surface area contributed by atoms with Gasteiger partial charge in [0.05, 0.1) is 0 Å². The van der Waals surface area contributed by atoms with Crippen molar-refractivity contribution in [1.29, 1.82) is 0 Å². The molecular weight excluding hydrogens is 260 g/mol. The molecule has 0 unspecified atom stereocenters. The summed E-state index contributed by atoms with van der Waals surface area (Å²) >= 11 is 0.177. The third kappa shape index (κ3) is 4.33. The number of unbranched alkanes of at least 4 members (excludes halogenated alkanes) is 4. The van der Waals surface area contributed by atoms with Crippen molar-refractivity contribution in [3.63, 3.8) is 0 Å². The molecule has 0 atom stereocenters. The summed E-state index contributed by atoms with van der Waals surface area (Å²) < 4.78 is 4.86. The quantitative estimate of drug-likeness (QED) is 0.553. The summed E-state index contributed by atoms with van der Waals surface area (Å²) in [6.07, 6.45) is 8.38. The predicted molar refractivity (Wildman–Crippen MR) is 55.8 cm³/mol. The summed E-state index contributed by atoms with van der Waals surface area (Å²) in [5.74, 6) is 0. The molecule has 0 N–H and O–H groups in total. The van der Waals surface area contributed by atoms with Crippen LogP contribution in [0.3, 0.4) is 0 Å². The molecule has 1 aromatic heterocycles. The minimum absolute atomic E-state index is 0.177. The zero-order valence-electron chi connectivity index (χ0n) is 7.88. The van der Waals surface area contributed by atoms with Crippen LogP contribution in [0.1, 0.15) is 44.6 Å². The summed E-state index contributed by atoms with van der Waals surface area (Å²) in [4.78, 5) is 0. The first-order valence-electron chi connectivity index (χ1n) is 4.94. The molecule has 0 saturated heterocycles. The molecule has 0 aromatic carbocycles. The van der Waals surface area contributed by atoms with Gasteiger partial charge in [-0.25, -0.2) is 0 Å². The Labute approximate surface area is 85.6 Å². The fraction of sp³-hybridized carbons (Fsp3) is 0.636. The van der Waals surface area contributed by atoms with E-state index in [9.17, 15) is 0 Å². The molecule has 0 radical (unpaired) electrons. The van der Waals surface area contributed by atoms with E-state index in [0.717, 1.165) is 0 Å². The van der Waals surface area contributed by atoms with Crippen LogP contribution in [0, 0.1) is 0 Å². The third-order valence-corrected chi connectivity index (χ3v) is 4.24. The Balaban J connectivity index is 1.96. The minimum atomic E-state index is 0.177. The number of hydrogen-bond acceptors (Lipinski definition) is 0. The normalized spacial score (nSPS) is 10.4. The first-order valence-corrected chi connectivity index (χ1v) is 7.63. The second kappa shape index (κ2) is 6.75. The molecule has 0 aliphatic carbocycles. The Kier molecular flexibility index (Phi) is 5.82. The van der Waals surface area contributed by atoms with Crippen LogP contribution in [0.5, 0.6) is 0 Å². The van der Waals surface area contributed by atoms with Gasteiger partial charge in [0.1, 0.15) is 0 Å². The molecule has 68 valence electrons. The Morgan fingerprint density at radius 1 is 1.17 bits per heavy atom. The van der Waals surface area contributed by atoms with Crippen LogP contribution in [0.4, 0.5) is 0 Å². The van der Waals surface area contributed by atoms with E-state index in [0.29, 0.717) is 0 Å². The van der Waals surface area contributed by atoms with Gasteiger partial charge in [-0.15, -0.1) is 0 Å². The van der Waals surface area contributed by atoms with E-state index in [-0.39, 0.29) is 20.4 Å². The van der Waals surface area contributed by atoms with Crippen molar-refractivity contribution in [1.82, 2.24) is 0 Å². The van der Waals surface area contributed by atoms with Crippen LogP contribution in [0.25, 0.3) is 0 Å². The van der Waals surface area contributed by atoms with Gasteiger partial charge >= 0.3 is 85.7 Å². The van der Waals surface area contributed by atoms with Gasteiger partial charge in [-0.3, -0.25) is 0 Å². The first kappa shape index (κ1) is 10.4. The second-order valence-corrected chi connectivity index (χ2v) is 5.52. The van der Waals surface area contributed by atoms with Gasteiger partial charge in [-0.2, -0.15) is 0 Å². The molecule has 1 heterocycles. The molecule has 0 aliphatic rings. The molecule has 1 rings (SSSR count). The van der Waals surface area contributed by atoms with E-state index in [1.165, 1.54) is 38.5 Å². The van der Waals surface area contributed by atoms with Gasteiger partial charge in [-0.05, 0) is 0 Å². The van der Waals surface area contributed by atoms with Crippen molar-refractivity contribution in [2.24, 2.45) is 0 Å². The Morgan fingerprint density at radius 2 is 2.00 bits per heavy atom. The van der Waals surface area contributed by atoms with Gasteiger partial charge in [-0.1, -0.05) is 0 Å². The summed E-state index contributed by atoms with van der Waals surface area (Å²) in [6, 6.07) is 2.34. The van der Waals surface area contributed by atoms with E-state index in [1.54, 1.807) is 5.56 Å². The fourth-order valence-electron chi connectivity index (χ4n) is 1.37. The van der Waals surface area contributed by atoms with Gasteiger partial charge in [0.15, 0.2) is 0 Å². The van der Waals surface area contributed by atoms with E-state index in [1.807, 2.05) is 0 Å².